The Bertz CT molecular complexity index is 1210. The maximum atomic E-state index is 14.9. The number of aromatic nitrogens is 2. The van der Waals surface area contributed by atoms with Crippen molar-refractivity contribution >= 4 is 38.3 Å². The van der Waals surface area contributed by atoms with Crippen LogP contribution < -0.4 is 10.0 Å². The molecule has 11 heteroatoms. The van der Waals surface area contributed by atoms with Gasteiger partial charge in [-0.2, -0.15) is 0 Å². The summed E-state index contributed by atoms with van der Waals surface area (Å²) in [6, 6.07) is 5.08. The van der Waals surface area contributed by atoms with E-state index in [1.54, 1.807) is 12.3 Å². The van der Waals surface area contributed by atoms with Gasteiger partial charge in [0.05, 0.1) is 16.5 Å². The molecular formula is C19H18F2N4O4S. The van der Waals surface area contributed by atoms with Gasteiger partial charge in [-0.15, -0.1) is 0 Å². The number of anilines is 2. The number of ether oxygens (including phenoxy) is 1. The first-order chi connectivity index (χ1) is 14.3. The molecule has 158 valence electrons. The standard InChI is InChI=1S/C19H18F2N4O4S/c20-14-1-2-15(25-30(27,28)13-4-7-29-8-5-13)16(21)17(14)24-19(26)12-9-11-3-6-22-18(11)23-10-12/h1-3,6,9-10,13,25H,4-5,7-8H2,(H,22,23)(H,24,26). The molecule has 0 unspecified atom stereocenters. The van der Waals surface area contributed by atoms with Gasteiger partial charge < -0.3 is 15.0 Å². The van der Waals surface area contributed by atoms with E-state index >= 15 is 0 Å². The first-order valence-electron chi connectivity index (χ1n) is 9.17. The van der Waals surface area contributed by atoms with Crippen LogP contribution in [0, 0.1) is 11.6 Å². The van der Waals surface area contributed by atoms with Crippen LogP contribution in [-0.4, -0.2) is 42.8 Å². The minimum Gasteiger partial charge on any atom is -0.381 e. The second-order valence-electron chi connectivity index (χ2n) is 6.84. The van der Waals surface area contributed by atoms with Crippen LogP contribution in [0.15, 0.2) is 36.7 Å². The fourth-order valence-corrected chi connectivity index (χ4v) is 4.66. The quantitative estimate of drug-likeness (QED) is 0.569. The van der Waals surface area contributed by atoms with Crippen molar-refractivity contribution in [3.8, 4) is 0 Å². The Hall–Kier alpha value is -3.05. The lowest BCUT2D eigenvalue weighted by Gasteiger charge is -2.23. The summed E-state index contributed by atoms with van der Waals surface area (Å²) in [6.07, 6.45) is 3.46. The van der Waals surface area contributed by atoms with E-state index in [1.165, 1.54) is 12.3 Å². The number of hydrogen-bond acceptors (Lipinski definition) is 5. The van der Waals surface area contributed by atoms with Gasteiger partial charge in [0.15, 0.2) is 5.82 Å². The van der Waals surface area contributed by atoms with Crippen LogP contribution in [0.25, 0.3) is 11.0 Å². The van der Waals surface area contributed by atoms with E-state index in [-0.39, 0.29) is 31.6 Å². The largest absolute Gasteiger partial charge is 0.381 e. The Balaban J connectivity index is 1.58. The Kier molecular flexibility index (Phi) is 5.39. The molecule has 1 aromatic carbocycles. The molecule has 8 nitrogen and oxygen atoms in total. The summed E-state index contributed by atoms with van der Waals surface area (Å²) in [7, 11) is -3.91. The van der Waals surface area contributed by atoms with Crippen molar-refractivity contribution in [3.63, 3.8) is 0 Å². The summed E-state index contributed by atoms with van der Waals surface area (Å²) in [5.41, 5.74) is -0.540. The lowest BCUT2D eigenvalue weighted by atomic mass is 10.2. The summed E-state index contributed by atoms with van der Waals surface area (Å²) in [4.78, 5) is 19.4. The van der Waals surface area contributed by atoms with Crippen molar-refractivity contribution in [2.24, 2.45) is 0 Å². The third-order valence-electron chi connectivity index (χ3n) is 4.85. The summed E-state index contributed by atoms with van der Waals surface area (Å²) >= 11 is 0. The molecule has 0 bridgehead atoms. The number of amides is 1. The van der Waals surface area contributed by atoms with Gasteiger partial charge in [-0.3, -0.25) is 9.52 Å². The van der Waals surface area contributed by atoms with Gasteiger partial charge in [0.2, 0.25) is 10.0 Å². The van der Waals surface area contributed by atoms with E-state index in [4.69, 9.17) is 4.74 Å². The van der Waals surface area contributed by atoms with Crippen molar-refractivity contribution in [1.82, 2.24) is 9.97 Å². The molecule has 0 atom stereocenters. The smallest absolute Gasteiger partial charge is 0.257 e. The molecule has 1 fully saturated rings. The molecule has 1 aliphatic rings. The monoisotopic (exact) mass is 436 g/mol. The van der Waals surface area contributed by atoms with Gasteiger partial charge in [0, 0.05) is 31.0 Å². The summed E-state index contributed by atoms with van der Waals surface area (Å²) in [5.74, 6) is -3.03. The molecule has 30 heavy (non-hydrogen) atoms. The number of benzene rings is 1. The normalized spacial score (nSPS) is 15.3. The Labute approximate surface area is 170 Å². The average Bonchev–Trinajstić information content (AvgIpc) is 3.21. The first-order valence-corrected chi connectivity index (χ1v) is 10.7. The lowest BCUT2D eigenvalue weighted by molar-refractivity contribution is 0.0984. The van der Waals surface area contributed by atoms with E-state index < -0.39 is 44.2 Å². The van der Waals surface area contributed by atoms with E-state index in [1.807, 2.05) is 0 Å². The average molecular weight is 436 g/mol. The number of nitrogens with one attached hydrogen (secondary N) is 3. The molecular weight excluding hydrogens is 418 g/mol. The van der Waals surface area contributed by atoms with Crippen molar-refractivity contribution in [1.29, 1.82) is 0 Å². The molecule has 1 saturated heterocycles. The van der Waals surface area contributed by atoms with Crippen LogP contribution in [0.4, 0.5) is 20.2 Å². The van der Waals surface area contributed by atoms with Crippen LogP contribution in [-0.2, 0) is 14.8 Å². The van der Waals surface area contributed by atoms with Crippen LogP contribution in [0.3, 0.4) is 0 Å². The number of carbonyl (C=O) groups excluding carboxylic acids is 1. The molecule has 3 aromatic rings. The molecule has 1 amide bonds. The maximum Gasteiger partial charge on any atom is 0.257 e. The molecule has 0 aliphatic carbocycles. The van der Waals surface area contributed by atoms with Crippen molar-refractivity contribution < 1.29 is 26.7 Å². The summed E-state index contributed by atoms with van der Waals surface area (Å²) < 4.78 is 61.5. The number of halogens is 2. The van der Waals surface area contributed by atoms with Crippen LogP contribution in [0.1, 0.15) is 23.2 Å². The number of fused-ring (bicyclic) bond motifs is 1. The molecule has 4 rings (SSSR count). The minimum atomic E-state index is -3.91. The molecule has 3 N–H and O–H groups in total. The molecule has 0 spiro atoms. The molecule has 3 heterocycles. The number of sulfonamides is 1. The highest BCUT2D eigenvalue weighted by Crippen LogP contribution is 2.29. The maximum absolute atomic E-state index is 14.9. The third kappa shape index (κ3) is 3.98. The van der Waals surface area contributed by atoms with Crippen LogP contribution in [0.5, 0.6) is 0 Å². The predicted octanol–water partition coefficient (Wildman–Crippen LogP) is 3.01. The van der Waals surface area contributed by atoms with Gasteiger partial charge in [0.25, 0.3) is 5.91 Å². The zero-order valence-electron chi connectivity index (χ0n) is 15.6. The topological polar surface area (TPSA) is 113 Å². The highest BCUT2D eigenvalue weighted by molar-refractivity contribution is 7.93. The van der Waals surface area contributed by atoms with Gasteiger partial charge in [-0.05, 0) is 37.1 Å². The number of carbonyl (C=O) groups is 1. The van der Waals surface area contributed by atoms with Crippen molar-refractivity contribution in [2.45, 2.75) is 18.1 Å². The number of rotatable bonds is 5. The first kappa shape index (κ1) is 20.2. The zero-order valence-corrected chi connectivity index (χ0v) is 16.4. The molecule has 0 radical (unpaired) electrons. The molecule has 1 aliphatic heterocycles. The van der Waals surface area contributed by atoms with Crippen molar-refractivity contribution in [2.75, 3.05) is 23.3 Å². The second kappa shape index (κ2) is 8.00. The van der Waals surface area contributed by atoms with Gasteiger partial charge >= 0.3 is 0 Å². The SMILES string of the molecule is O=C(Nc1c(F)ccc(NS(=O)(=O)C2CCOCC2)c1F)c1cnc2[nH]ccc2c1. The number of pyridine rings is 1. The predicted molar refractivity (Wildman–Crippen MR) is 107 cm³/mol. The fourth-order valence-electron chi connectivity index (χ4n) is 3.22. The Morgan fingerprint density at radius 2 is 1.97 bits per heavy atom. The number of aromatic amines is 1. The van der Waals surface area contributed by atoms with Gasteiger partial charge in [-0.1, -0.05) is 0 Å². The summed E-state index contributed by atoms with van der Waals surface area (Å²) in [6.45, 7) is 0.580. The minimum absolute atomic E-state index is 0.0917. The third-order valence-corrected chi connectivity index (χ3v) is 6.70. The van der Waals surface area contributed by atoms with E-state index in [0.29, 0.717) is 11.0 Å². The van der Waals surface area contributed by atoms with Crippen LogP contribution in [0.2, 0.25) is 0 Å². The Morgan fingerprint density at radius 3 is 2.73 bits per heavy atom. The fraction of sp³-hybridized carbons (Fsp3) is 0.263. The van der Waals surface area contributed by atoms with E-state index in [9.17, 15) is 22.0 Å². The molecule has 0 saturated carbocycles. The number of nitrogens with zero attached hydrogens (tertiary/aromatic N) is 1. The number of H-pyrrole nitrogens is 1. The zero-order chi connectivity index (χ0) is 21.3. The highest BCUT2D eigenvalue weighted by atomic mass is 32.2. The molecule has 2 aromatic heterocycles. The summed E-state index contributed by atoms with van der Waals surface area (Å²) in [5, 5.41) is 2.07. The lowest BCUT2D eigenvalue weighted by Crippen LogP contribution is -2.33. The Morgan fingerprint density at radius 1 is 1.20 bits per heavy atom. The van der Waals surface area contributed by atoms with E-state index in [2.05, 4.69) is 20.0 Å². The second-order valence-corrected chi connectivity index (χ2v) is 8.80. The van der Waals surface area contributed by atoms with Crippen molar-refractivity contribution in [3.05, 3.63) is 53.9 Å². The van der Waals surface area contributed by atoms with E-state index in [0.717, 1.165) is 12.1 Å². The van der Waals surface area contributed by atoms with Gasteiger partial charge in [-0.25, -0.2) is 22.2 Å². The van der Waals surface area contributed by atoms with Gasteiger partial charge in [0.1, 0.15) is 17.2 Å². The highest BCUT2D eigenvalue weighted by Gasteiger charge is 2.29. The number of hydrogen-bond donors (Lipinski definition) is 3. The van der Waals surface area contributed by atoms with Crippen LogP contribution >= 0.6 is 0 Å².